The molecular formula is C33H33ClF3IN6O3. The lowest BCUT2D eigenvalue weighted by molar-refractivity contribution is 0.0122. The van der Waals surface area contributed by atoms with Gasteiger partial charge in [0.2, 0.25) is 0 Å². The average Bonchev–Trinajstić information content (AvgIpc) is 3.29. The van der Waals surface area contributed by atoms with Crippen molar-refractivity contribution in [3.8, 4) is 17.0 Å². The first-order valence-electron chi connectivity index (χ1n) is 15.1. The number of nitrogens with one attached hydrogen (secondary N) is 1. The predicted octanol–water partition coefficient (Wildman–Crippen LogP) is 7.88. The van der Waals surface area contributed by atoms with E-state index in [1.165, 1.54) is 6.07 Å². The van der Waals surface area contributed by atoms with Crippen molar-refractivity contribution in [1.29, 1.82) is 0 Å². The summed E-state index contributed by atoms with van der Waals surface area (Å²) in [4.78, 5) is 28.9. The topological polar surface area (TPSA) is 92.7 Å². The van der Waals surface area contributed by atoms with Gasteiger partial charge in [0, 0.05) is 34.2 Å². The molecule has 248 valence electrons. The van der Waals surface area contributed by atoms with Crippen molar-refractivity contribution in [3.63, 3.8) is 0 Å². The fraction of sp³-hybridized carbons (Fsp3) is 0.394. The Bertz CT molecular complexity index is 1860. The van der Waals surface area contributed by atoms with Crippen LogP contribution in [0.1, 0.15) is 44.7 Å². The largest absolute Gasteiger partial charge is 0.497 e. The Labute approximate surface area is 289 Å². The second-order valence-electron chi connectivity index (χ2n) is 12.7. The van der Waals surface area contributed by atoms with Crippen molar-refractivity contribution in [3.05, 3.63) is 67.8 Å². The van der Waals surface area contributed by atoms with Crippen LogP contribution in [0.2, 0.25) is 5.02 Å². The van der Waals surface area contributed by atoms with E-state index < -0.39 is 29.4 Å². The van der Waals surface area contributed by atoms with Gasteiger partial charge in [0.25, 0.3) is 0 Å². The summed E-state index contributed by atoms with van der Waals surface area (Å²) < 4.78 is 58.1. The lowest BCUT2D eigenvalue weighted by Gasteiger charge is -2.42. The first-order chi connectivity index (χ1) is 22.3. The highest BCUT2D eigenvalue weighted by molar-refractivity contribution is 14.1. The Morgan fingerprint density at radius 1 is 1.06 bits per heavy atom. The molecule has 2 bridgehead atoms. The minimum absolute atomic E-state index is 0.0145. The van der Waals surface area contributed by atoms with Gasteiger partial charge in [-0.3, -0.25) is 4.90 Å². The molecule has 1 amide bonds. The Balaban J connectivity index is 1.35. The number of pyridine rings is 1. The number of benzene rings is 2. The molecule has 2 aromatic heterocycles. The number of ether oxygens (including phenoxy) is 2. The summed E-state index contributed by atoms with van der Waals surface area (Å²) in [5, 5.41) is 3.20. The molecule has 4 aromatic rings. The van der Waals surface area contributed by atoms with E-state index in [2.05, 4.69) is 20.3 Å². The van der Waals surface area contributed by atoms with E-state index in [1.807, 2.05) is 60.4 Å². The van der Waals surface area contributed by atoms with Gasteiger partial charge >= 0.3 is 12.2 Å². The monoisotopic (exact) mass is 780 g/mol. The van der Waals surface area contributed by atoms with Crippen LogP contribution in [0, 0.1) is 28.2 Å². The van der Waals surface area contributed by atoms with Crippen LogP contribution in [0.3, 0.4) is 0 Å². The number of aromatic nitrogens is 3. The molecule has 9 nitrogen and oxygen atoms in total. The summed E-state index contributed by atoms with van der Waals surface area (Å²) in [5.41, 5.74) is 0.139. The molecule has 0 radical (unpaired) electrons. The van der Waals surface area contributed by atoms with Gasteiger partial charge in [0.1, 0.15) is 22.7 Å². The molecule has 2 aliphatic heterocycles. The van der Waals surface area contributed by atoms with Crippen LogP contribution in [0.5, 0.6) is 5.75 Å². The normalized spacial score (nSPS) is 17.7. The van der Waals surface area contributed by atoms with Gasteiger partial charge in [-0.2, -0.15) is 14.4 Å². The highest BCUT2D eigenvalue weighted by Gasteiger charge is 2.45. The van der Waals surface area contributed by atoms with Gasteiger partial charge in [0.15, 0.2) is 17.5 Å². The zero-order valence-corrected chi connectivity index (χ0v) is 29.3. The summed E-state index contributed by atoms with van der Waals surface area (Å²) in [6.07, 6.45) is -0.0137. The summed E-state index contributed by atoms with van der Waals surface area (Å²) >= 11 is 8.66. The van der Waals surface area contributed by atoms with E-state index >= 15 is 13.2 Å². The van der Waals surface area contributed by atoms with Gasteiger partial charge in [0.05, 0.1) is 35.5 Å². The van der Waals surface area contributed by atoms with Gasteiger partial charge in [-0.05, 0) is 86.9 Å². The molecule has 2 saturated heterocycles. The van der Waals surface area contributed by atoms with Crippen LogP contribution >= 0.6 is 34.2 Å². The van der Waals surface area contributed by atoms with Crippen LogP contribution in [-0.4, -0.2) is 63.8 Å². The maximum atomic E-state index is 16.5. The second kappa shape index (κ2) is 12.8. The fourth-order valence-corrected chi connectivity index (χ4v) is 7.08. The van der Waals surface area contributed by atoms with Crippen LogP contribution in [-0.2, 0) is 11.3 Å². The quantitative estimate of drug-likeness (QED) is 0.156. The zero-order valence-electron chi connectivity index (χ0n) is 26.4. The standard InChI is InChI=1S/C33H33ClF3IN6O3/c1-16-24(35)29(39-13-17-6-10-20(46-5)11-7-17)40-28(26(16)38)23-22(34)12-21-27(25(23)36)41-31(37)42-30(21)43-14-18-8-9-19(15-43)44(18)32(45)47-33(2,3)4/h6-7,10-12,18-19H,8-9,13-15H2,1-5H3,(H,39,40). The van der Waals surface area contributed by atoms with Gasteiger partial charge < -0.3 is 19.7 Å². The van der Waals surface area contributed by atoms with E-state index in [0.717, 1.165) is 18.4 Å². The number of hydrogen-bond donors (Lipinski definition) is 1. The zero-order chi connectivity index (χ0) is 33.8. The molecule has 47 heavy (non-hydrogen) atoms. The summed E-state index contributed by atoms with van der Waals surface area (Å²) in [6, 6.07) is 8.36. The number of methoxy groups -OCH3 is 1. The third-order valence-electron chi connectivity index (χ3n) is 8.38. The molecule has 0 saturated carbocycles. The van der Waals surface area contributed by atoms with Crippen molar-refractivity contribution in [2.75, 3.05) is 30.4 Å². The number of rotatable bonds is 6. The molecule has 1 N–H and O–H groups in total. The Hall–Kier alpha value is -3.59. The minimum atomic E-state index is -1.11. The van der Waals surface area contributed by atoms with E-state index in [0.29, 0.717) is 22.4 Å². The van der Waals surface area contributed by atoms with Crippen molar-refractivity contribution < 1.29 is 27.4 Å². The molecule has 2 fully saturated rings. The van der Waals surface area contributed by atoms with Crippen LogP contribution in [0.4, 0.5) is 29.6 Å². The lowest BCUT2D eigenvalue weighted by atomic mass is 10.0. The molecule has 2 unspecified atom stereocenters. The molecule has 0 spiro atoms. The SMILES string of the molecule is COc1ccc(CNc2nc(-c3c(Cl)cc4c(N5CC6CCC(C5)N6C(=O)OC(C)(C)C)nc(F)nc4c3F)c(I)c(C)c2F)cc1. The number of carbonyl (C=O) groups excluding carboxylic acids is 1. The van der Waals surface area contributed by atoms with Crippen molar-refractivity contribution in [1.82, 2.24) is 19.9 Å². The predicted molar refractivity (Wildman–Crippen MR) is 183 cm³/mol. The van der Waals surface area contributed by atoms with E-state index in [9.17, 15) is 4.79 Å². The Kier molecular flexibility index (Phi) is 9.07. The number of halogens is 5. The lowest BCUT2D eigenvalue weighted by Crippen LogP contribution is -2.57. The van der Waals surface area contributed by atoms with E-state index in [1.54, 1.807) is 31.1 Å². The number of carbonyl (C=O) groups is 1. The molecule has 6 rings (SSSR count). The minimum Gasteiger partial charge on any atom is -0.497 e. The number of amides is 1. The van der Waals surface area contributed by atoms with Crippen LogP contribution < -0.4 is 15.0 Å². The molecule has 14 heteroatoms. The summed E-state index contributed by atoms with van der Waals surface area (Å²) in [7, 11) is 1.57. The van der Waals surface area contributed by atoms with Crippen molar-refractivity contribution >= 4 is 62.8 Å². The van der Waals surface area contributed by atoms with Gasteiger partial charge in [-0.25, -0.2) is 18.6 Å². The summed E-state index contributed by atoms with van der Waals surface area (Å²) in [6.45, 7) is 7.95. The van der Waals surface area contributed by atoms with Gasteiger partial charge in [-0.15, -0.1) is 0 Å². The van der Waals surface area contributed by atoms with E-state index in [-0.39, 0.29) is 63.0 Å². The first-order valence-corrected chi connectivity index (χ1v) is 16.6. The van der Waals surface area contributed by atoms with Gasteiger partial charge in [-0.1, -0.05) is 23.7 Å². The first kappa shape index (κ1) is 33.3. The molecule has 4 heterocycles. The van der Waals surface area contributed by atoms with Crippen LogP contribution in [0.25, 0.3) is 22.2 Å². The smallest absolute Gasteiger partial charge is 0.410 e. The maximum absolute atomic E-state index is 16.5. The molecule has 0 aliphatic carbocycles. The Morgan fingerprint density at radius 3 is 2.34 bits per heavy atom. The number of piperazine rings is 1. The molecular weight excluding hydrogens is 748 g/mol. The second-order valence-corrected chi connectivity index (χ2v) is 14.2. The maximum Gasteiger partial charge on any atom is 0.410 e. The highest BCUT2D eigenvalue weighted by atomic mass is 127. The van der Waals surface area contributed by atoms with Crippen LogP contribution in [0.15, 0.2) is 30.3 Å². The fourth-order valence-electron chi connectivity index (χ4n) is 6.17. The number of nitrogens with zero attached hydrogens (tertiary/aromatic N) is 5. The third-order valence-corrected chi connectivity index (χ3v) is 9.99. The highest BCUT2D eigenvalue weighted by Crippen LogP contribution is 2.42. The number of hydrogen-bond acceptors (Lipinski definition) is 8. The number of fused-ring (bicyclic) bond motifs is 3. The third kappa shape index (κ3) is 6.48. The molecule has 2 atom stereocenters. The number of anilines is 2. The van der Waals surface area contributed by atoms with Crippen molar-refractivity contribution in [2.24, 2.45) is 0 Å². The molecule has 2 aromatic carbocycles. The summed E-state index contributed by atoms with van der Waals surface area (Å²) in [5.74, 6) is -0.703. The molecule has 2 aliphatic rings. The Morgan fingerprint density at radius 2 is 1.72 bits per heavy atom. The van der Waals surface area contributed by atoms with E-state index in [4.69, 9.17) is 21.1 Å². The van der Waals surface area contributed by atoms with Crippen molar-refractivity contribution in [2.45, 2.75) is 64.8 Å². The average molecular weight is 781 g/mol.